The first-order valence-corrected chi connectivity index (χ1v) is 12.4. The lowest BCUT2D eigenvalue weighted by Gasteiger charge is -2.27. The van der Waals surface area contributed by atoms with Crippen molar-refractivity contribution in [2.24, 2.45) is 0 Å². The molecule has 1 fully saturated rings. The van der Waals surface area contributed by atoms with E-state index in [1.165, 1.54) is 4.90 Å². The summed E-state index contributed by atoms with van der Waals surface area (Å²) in [7, 11) is 3.96. The lowest BCUT2D eigenvalue weighted by molar-refractivity contribution is -0.857. The largest absolute Gasteiger partial charge is 0.872 e. The highest BCUT2D eigenvalue weighted by Crippen LogP contribution is 2.38. The van der Waals surface area contributed by atoms with Crippen molar-refractivity contribution < 1.29 is 29.1 Å². The fourth-order valence-corrected chi connectivity index (χ4v) is 4.31. The van der Waals surface area contributed by atoms with E-state index in [1.807, 2.05) is 57.4 Å². The molecule has 192 valence electrons. The van der Waals surface area contributed by atoms with Gasteiger partial charge in [-0.05, 0) is 41.8 Å². The van der Waals surface area contributed by atoms with Crippen LogP contribution in [0, 0.1) is 6.92 Å². The number of carbonyl (C=O) groups is 2. The maximum Gasteiger partial charge on any atom is 0.295 e. The Labute approximate surface area is 217 Å². The number of ether oxygens (including phenoxy) is 2. The Kier molecular flexibility index (Phi) is 8.25. The molecule has 1 N–H and O–H groups in total. The summed E-state index contributed by atoms with van der Waals surface area (Å²) in [6, 6.07) is 22.9. The number of hydrogen-bond acceptors (Lipinski definition) is 5. The van der Waals surface area contributed by atoms with Gasteiger partial charge in [0.2, 0.25) is 5.78 Å². The number of ketones is 1. The number of carbonyl (C=O) groups excluding carboxylic acids is 2. The summed E-state index contributed by atoms with van der Waals surface area (Å²) >= 11 is 0. The van der Waals surface area contributed by atoms with Crippen LogP contribution in [0.5, 0.6) is 11.5 Å². The van der Waals surface area contributed by atoms with E-state index in [-0.39, 0.29) is 5.57 Å². The minimum atomic E-state index is -0.745. The number of Topliss-reactive ketones (excluding diaryl/α,β-unsaturated/α-hetero) is 1. The lowest BCUT2D eigenvalue weighted by atomic mass is 9.95. The van der Waals surface area contributed by atoms with Gasteiger partial charge in [0.1, 0.15) is 24.7 Å². The smallest absolute Gasteiger partial charge is 0.295 e. The summed E-state index contributed by atoms with van der Waals surface area (Å²) in [5.74, 6) is -0.339. The van der Waals surface area contributed by atoms with Gasteiger partial charge in [0.15, 0.2) is 0 Å². The second-order valence-electron chi connectivity index (χ2n) is 9.33. The number of likely N-dealkylation sites (N-methyl/N-ethyl adjacent to an activating group) is 1. The van der Waals surface area contributed by atoms with Crippen LogP contribution < -0.4 is 19.5 Å². The third kappa shape index (κ3) is 6.01. The van der Waals surface area contributed by atoms with Crippen LogP contribution in [0.25, 0.3) is 5.76 Å². The number of nitrogens with one attached hydrogen (secondary N) is 1. The van der Waals surface area contributed by atoms with Crippen LogP contribution in [0.2, 0.25) is 0 Å². The number of rotatable bonds is 10. The maximum atomic E-state index is 13.4. The molecule has 7 nitrogen and oxygen atoms in total. The molecule has 0 bridgehead atoms. The zero-order chi connectivity index (χ0) is 26.4. The second-order valence-corrected chi connectivity index (χ2v) is 9.33. The molecule has 0 aliphatic carbocycles. The molecule has 37 heavy (non-hydrogen) atoms. The Morgan fingerprint density at radius 2 is 1.54 bits per heavy atom. The highest BCUT2D eigenvalue weighted by molar-refractivity contribution is 6.46. The van der Waals surface area contributed by atoms with Gasteiger partial charge in [0, 0.05) is 5.57 Å². The average Bonchev–Trinajstić information content (AvgIpc) is 3.16. The van der Waals surface area contributed by atoms with E-state index in [0.29, 0.717) is 43.2 Å². The number of hydrogen-bond donors (Lipinski definition) is 1. The maximum absolute atomic E-state index is 13.4. The predicted octanol–water partition coefficient (Wildman–Crippen LogP) is 1.82. The summed E-state index contributed by atoms with van der Waals surface area (Å²) < 4.78 is 11.6. The molecule has 1 saturated heterocycles. The highest BCUT2D eigenvalue weighted by Gasteiger charge is 2.44. The van der Waals surface area contributed by atoms with Gasteiger partial charge in [-0.2, -0.15) is 0 Å². The first-order chi connectivity index (χ1) is 17.9. The molecule has 3 aromatic rings. The minimum absolute atomic E-state index is 0.00902. The first-order valence-electron chi connectivity index (χ1n) is 12.4. The van der Waals surface area contributed by atoms with Gasteiger partial charge >= 0.3 is 0 Å². The van der Waals surface area contributed by atoms with E-state index < -0.39 is 23.5 Å². The van der Waals surface area contributed by atoms with Crippen LogP contribution in [-0.2, 0) is 9.59 Å². The normalized spacial score (nSPS) is 16.9. The summed E-state index contributed by atoms with van der Waals surface area (Å²) in [6.07, 6.45) is 0. The highest BCUT2D eigenvalue weighted by atomic mass is 16.5. The van der Waals surface area contributed by atoms with Gasteiger partial charge in [-0.3, -0.25) is 9.59 Å². The van der Waals surface area contributed by atoms with E-state index in [9.17, 15) is 14.7 Å². The monoisotopic (exact) mass is 500 g/mol. The topological polar surface area (TPSA) is 83.3 Å². The Hall–Kier alpha value is -4.10. The number of amides is 1. The van der Waals surface area contributed by atoms with E-state index in [1.54, 1.807) is 42.5 Å². The van der Waals surface area contributed by atoms with E-state index in [0.717, 1.165) is 16.2 Å². The summed E-state index contributed by atoms with van der Waals surface area (Å²) in [5, 5.41) is 13.4. The van der Waals surface area contributed by atoms with Crippen molar-refractivity contribution >= 4 is 17.4 Å². The molecule has 4 rings (SSSR count). The van der Waals surface area contributed by atoms with Crippen LogP contribution in [0.15, 0.2) is 84.4 Å². The number of likely N-dealkylation sites (tertiary alicyclic amines) is 1. The van der Waals surface area contributed by atoms with E-state index in [4.69, 9.17) is 9.47 Å². The van der Waals surface area contributed by atoms with Crippen molar-refractivity contribution in [1.29, 1.82) is 0 Å². The Bertz CT molecular complexity index is 1270. The molecule has 0 spiro atoms. The quantitative estimate of drug-likeness (QED) is 0.199. The van der Waals surface area contributed by atoms with Crippen LogP contribution in [-0.4, -0.2) is 57.0 Å². The Morgan fingerprint density at radius 3 is 2.22 bits per heavy atom. The van der Waals surface area contributed by atoms with Crippen molar-refractivity contribution in [2.45, 2.75) is 13.0 Å². The zero-order valence-electron chi connectivity index (χ0n) is 21.4. The van der Waals surface area contributed by atoms with Gasteiger partial charge in [0.25, 0.3) is 5.91 Å². The number of nitrogens with zero attached hydrogens (tertiary/aromatic N) is 1. The Morgan fingerprint density at radius 1 is 0.892 bits per heavy atom. The third-order valence-electron chi connectivity index (χ3n) is 6.32. The molecule has 7 heteroatoms. The number of para-hydroxylation sites is 1. The SMILES string of the molecule is Cc1ccccc1OCCOc1ccc(C2C(=C([O-])c3ccccc3)C(=O)C(=O)N2CC[NH+](C)C)cc1. The average molecular weight is 501 g/mol. The van der Waals surface area contributed by atoms with Gasteiger partial charge in [-0.25, -0.2) is 0 Å². The van der Waals surface area contributed by atoms with Crippen LogP contribution >= 0.6 is 0 Å². The lowest BCUT2D eigenvalue weighted by Crippen LogP contribution is -3.06. The fraction of sp³-hybridized carbons (Fsp3) is 0.267. The fourth-order valence-electron chi connectivity index (χ4n) is 4.31. The van der Waals surface area contributed by atoms with E-state index >= 15 is 0 Å². The molecule has 3 aromatic carbocycles. The van der Waals surface area contributed by atoms with Crippen LogP contribution in [0.4, 0.5) is 0 Å². The molecule has 1 aliphatic rings. The molecule has 1 unspecified atom stereocenters. The predicted molar refractivity (Wildman–Crippen MR) is 139 cm³/mol. The van der Waals surface area contributed by atoms with Crippen molar-refractivity contribution in [1.82, 2.24) is 4.90 Å². The second kappa shape index (κ2) is 11.8. The molecule has 0 saturated carbocycles. The summed E-state index contributed by atoms with van der Waals surface area (Å²) in [5.41, 5.74) is 2.13. The summed E-state index contributed by atoms with van der Waals surface area (Å²) in [4.78, 5) is 28.7. The zero-order valence-corrected chi connectivity index (χ0v) is 21.4. The van der Waals surface area contributed by atoms with Crippen molar-refractivity contribution in [3.8, 4) is 11.5 Å². The molecular weight excluding hydrogens is 468 g/mol. The molecule has 0 radical (unpaired) electrons. The first kappa shape index (κ1) is 26.0. The number of quaternary nitrogens is 1. The molecule has 0 aromatic heterocycles. The molecule has 1 heterocycles. The van der Waals surface area contributed by atoms with Crippen LogP contribution in [0.3, 0.4) is 0 Å². The standard InChI is InChI=1S/C30H32N2O5/c1-21-9-7-8-12-25(21)37-20-19-36-24-15-13-22(14-16-24)27-26(28(33)23-10-5-4-6-11-23)29(34)30(35)32(27)18-17-31(2)3/h4-16,27,33H,17-20H2,1-3H3. The van der Waals surface area contributed by atoms with Gasteiger partial charge in [-0.15, -0.1) is 0 Å². The Balaban J connectivity index is 1.54. The summed E-state index contributed by atoms with van der Waals surface area (Å²) in [6.45, 7) is 3.74. The number of aryl methyl sites for hydroxylation is 1. The molecule has 1 amide bonds. The van der Waals surface area contributed by atoms with Crippen LogP contribution in [0.1, 0.15) is 22.7 Å². The van der Waals surface area contributed by atoms with E-state index in [2.05, 4.69) is 0 Å². The van der Waals surface area contributed by atoms with Crippen molar-refractivity contribution in [3.05, 3.63) is 101 Å². The van der Waals surface area contributed by atoms with Crippen molar-refractivity contribution in [2.75, 3.05) is 40.4 Å². The van der Waals surface area contributed by atoms with Gasteiger partial charge in [0.05, 0.1) is 33.2 Å². The van der Waals surface area contributed by atoms with Gasteiger partial charge in [-0.1, -0.05) is 66.4 Å². The van der Waals surface area contributed by atoms with Crippen molar-refractivity contribution in [3.63, 3.8) is 0 Å². The number of benzene rings is 3. The molecular formula is C30H32N2O5. The van der Waals surface area contributed by atoms with Gasteiger partial charge < -0.3 is 24.4 Å². The molecule has 1 atom stereocenters. The molecule has 1 aliphatic heterocycles. The minimum Gasteiger partial charge on any atom is -0.872 e. The third-order valence-corrected chi connectivity index (χ3v) is 6.32.